The molecule has 33 heavy (non-hydrogen) atoms. The molecule has 0 saturated carbocycles. The number of fused-ring (bicyclic) bond motifs is 1. The molecule has 1 aromatic heterocycles. The maximum absolute atomic E-state index is 5.42. The van der Waals surface area contributed by atoms with Crippen LogP contribution in [0, 0.1) is 0 Å². The number of nitrogens with zero attached hydrogens (tertiary/aromatic N) is 3. The van der Waals surface area contributed by atoms with Crippen molar-refractivity contribution in [3.63, 3.8) is 0 Å². The third kappa shape index (κ3) is 3.42. The maximum Gasteiger partial charge on any atom is 0.226 e. The van der Waals surface area contributed by atoms with Gasteiger partial charge in [-0.3, -0.25) is 0 Å². The van der Waals surface area contributed by atoms with Gasteiger partial charge in [-0.1, -0.05) is 72.8 Å². The Kier molecular flexibility index (Phi) is 4.80. The molecule has 0 amide bonds. The number of ether oxygens (including phenoxy) is 1. The topological polar surface area (TPSA) is 52.0 Å². The molecule has 2 heterocycles. The summed E-state index contributed by atoms with van der Waals surface area (Å²) in [6.07, 6.45) is 4.82. The third-order valence-electron chi connectivity index (χ3n) is 6.57. The number of nitrogens with one attached hydrogen (secondary N) is 1. The number of hydrogen-bond acceptors (Lipinski definition) is 4. The zero-order valence-electron chi connectivity index (χ0n) is 18.3. The minimum absolute atomic E-state index is 0.0272. The lowest BCUT2D eigenvalue weighted by Crippen LogP contribution is -2.30. The molecule has 0 radical (unpaired) electrons. The molecular weight excluding hydrogens is 408 g/mol. The Bertz CT molecular complexity index is 1340. The molecule has 0 spiro atoms. The molecule has 1 N–H and O–H groups in total. The van der Waals surface area contributed by atoms with Crippen LogP contribution in [0.4, 0.5) is 5.95 Å². The van der Waals surface area contributed by atoms with Crippen molar-refractivity contribution in [3.8, 4) is 5.75 Å². The molecule has 1 aliphatic carbocycles. The van der Waals surface area contributed by atoms with Crippen molar-refractivity contribution in [1.29, 1.82) is 0 Å². The maximum atomic E-state index is 5.42. The van der Waals surface area contributed by atoms with Crippen molar-refractivity contribution < 1.29 is 4.74 Å². The fraction of sp³-hybridized carbons (Fsp3) is 0.143. The van der Waals surface area contributed by atoms with Gasteiger partial charge >= 0.3 is 0 Å². The first-order valence-corrected chi connectivity index (χ1v) is 11.2. The SMILES string of the molecule is COc1ccc([C@@H]2CC(c3ccccc3)=CC3=C2[C@H](c2ccccc2)n2ncnc2N3)cc1. The Morgan fingerprint density at radius 3 is 2.33 bits per heavy atom. The molecular formula is C28H24N4O. The van der Waals surface area contributed by atoms with Gasteiger partial charge in [0.1, 0.15) is 18.1 Å². The van der Waals surface area contributed by atoms with Crippen LogP contribution in [0.5, 0.6) is 5.75 Å². The molecule has 0 saturated heterocycles. The van der Waals surface area contributed by atoms with Crippen LogP contribution >= 0.6 is 0 Å². The van der Waals surface area contributed by atoms with Crippen molar-refractivity contribution in [2.45, 2.75) is 18.4 Å². The summed E-state index contributed by atoms with van der Waals surface area (Å²) in [6, 6.07) is 29.6. The molecule has 1 aliphatic heterocycles. The monoisotopic (exact) mass is 432 g/mol. The average Bonchev–Trinajstić information content (AvgIpc) is 3.36. The number of hydrogen-bond donors (Lipinski definition) is 1. The lowest BCUT2D eigenvalue weighted by atomic mass is 9.74. The van der Waals surface area contributed by atoms with Gasteiger partial charge in [0.2, 0.25) is 5.95 Å². The lowest BCUT2D eigenvalue weighted by molar-refractivity contribution is 0.414. The normalized spacial score (nSPS) is 19.2. The number of allylic oxidation sites excluding steroid dienone is 3. The van der Waals surface area contributed by atoms with Crippen LogP contribution in [0.25, 0.3) is 5.57 Å². The van der Waals surface area contributed by atoms with Gasteiger partial charge in [-0.05, 0) is 52.5 Å². The van der Waals surface area contributed by atoms with E-state index in [4.69, 9.17) is 4.74 Å². The van der Waals surface area contributed by atoms with Crippen LogP contribution in [-0.4, -0.2) is 21.9 Å². The summed E-state index contributed by atoms with van der Waals surface area (Å²) in [7, 11) is 1.70. The van der Waals surface area contributed by atoms with Gasteiger partial charge in [0, 0.05) is 11.6 Å². The first-order valence-electron chi connectivity index (χ1n) is 11.2. The fourth-order valence-corrected chi connectivity index (χ4v) is 5.00. The second kappa shape index (κ2) is 8.10. The van der Waals surface area contributed by atoms with Crippen LogP contribution in [0.15, 0.2) is 109 Å². The molecule has 2 atom stereocenters. The zero-order chi connectivity index (χ0) is 22.2. The summed E-state index contributed by atoms with van der Waals surface area (Å²) in [5, 5.41) is 8.18. The van der Waals surface area contributed by atoms with Crippen LogP contribution < -0.4 is 10.1 Å². The Morgan fingerprint density at radius 1 is 0.879 bits per heavy atom. The summed E-state index contributed by atoms with van der Waals surface area (Å²) in [5.74, 6) is 1.81. The predicted octanol–water partition coefficient (Wildman–Crippen LogP) is 5.83. The van der Waals surface area contributed by atoms with E-state index in [0.717, 1.165) is 23.8 Å². The molecule has 0 fully saturated rings. The molecule has 2 aliphatic rings. The van der Waals surface area contributed by atoms with Crippen molar-refractivity contribution >= 4 is 11.5 Å². The van der Waals surface area contributed by atoms with E-state index in [-0.39, 0.29) is 12.0 Å². The van der Waals surface area contributed by atoms with Crippen molar-refractivity contribution in [2.75, 3.05) is 12.4 Å². The molecule has 5 nitrogen and oxygen atoms in total. The second-order valence-electron chi connectivity index (χ2n) is 8.40. The first kappa shape index (κ1) is 19.6. The quantitative estimate of drug-likeness (QED) is 0.441. The van der Waals surface area contributed by atoms with Crippen LogP contribution in [-0.2, 0) is 0 Å². The van der Waals surface area contributed by atoms with Gasteiger partial charge in [-0.2, -0.15) is 10.1 Å². The highest BCUT2D eigenvalue weighted by atomic mass is 16.5. The predicted molar refractivity (Wildman–Crippen MR) is 130 cm³/mol. The number of anilines is 1. The Morgan fingerprint density at radius 2 is 1.61 bits per heavy atom. The largest absolute Gasteiger partial charge is 0.497 e. The van der Waals surface area contributed by atoms with E-state index in [2.05, 4.69) is 94.3 Å². The number of rotatable bonds is 4. The van der Waals surface area contributed by atoms with Crippen LogP contribution in [0.1, 0.15) is 35.1 Å². The van der Waals surface area contributed by atoms with Crippen molar-refractivity contribution in [1.82, 2.24) is 14.8 Å². The molecule has 0 unspecified atom stereocenters. The van der Waals surface area contributed by atoms with E-state index in [1.807, 2.05) is 16.8 Å². The molecule has 4 aromatic rings. The highest BCUT2D eigenvalue weighted by Gasteiger charge is 2.37. The lowest BCUT2D eigenvalue weighted by Gasteiger charge is -2.37. The highest BCUT2D eigenvalue weighted by Crippen LogP contribution is 2.49. The third-order valence-corrected chi connectivity index (χ3v) is 6.57. The summed E-state index contributed by atoms with van der Waals surface area (Å²) in [6.45, 7) is 0. The minimum Gasteiger partial charge on any atom is -0.497 e. The fourth-order valence-electron chi connectivity index (χ4n) is 5.00. The molecule has 5 heteroatoms. The van der Waals surface area contributed by atoms with E-state index in [1.165, 1.54) is 27.8 Å². The van der Waals surface area contributed by atoms with Gasteiger partial charge < -0.3 is 10.1 Å². The Balaban J connectivity index is 1.56. The first-order chi connectivity index (χ1) is 16.3. The smallest absolute Gasteiger partial charge is 0.226 e. The zero-order valence-corrected chi connectivity index (χ0v) is 18.3. The Hall–Kier alpha value is -4.12. The summed E-state index contributed by atoms with van der Waals surface area (Å²) < 4.78 is 7.43. The second-order valence-corrected chi connectivity index (χ2v) is 8.40. The highest BCUT2D eigenvalue weighted by molar-refractivity contribution is 5.75. The number of benzene rings is 3. The number of methoxy groups -OCH3 is 1. The van der Waals surface area contributed by atoms with Crippen LogP contribution in [0.2, 0.25) is 0 Å². The number of aromatic nitrogens is 3. The average molecular weight is 433 g/mol. The van der Waals surface area contributed by atoms with E-state index in [1.54, 1.807) is 13.4 Å². The molecule has 3 aromatic carbocycles. The van der Waals surface area contributed by atoms with Gasteiger partial charge in [0.05, 0.1) is 7.11 Å². The summed E-state index contributed by atoms with van der Waals surface area (Å²) in [5.41, 5.74) is 7.43. The van der Waals surface area contributed by atoms with Gasteiger partial charge in [-0.25, -0.2) is 4.68 Å². The van der Waals surface area contributed by atoms with Gasteiger partial charge in [0.25, 0.3) is 0 Å². The van der Waals surface area contributed by atoms with E-state index in [0.29, 0.717) is 0 Å². The molecule has 6 rings (SSSR count). The van der Waals surface area contributed by atoms with E-state index < -0.39 is 0 Å². The van der Waals surface area contributed by atoms with E-state index in [9.17, 15) is 0 Å². The van der Waals surface area contributed by atoms with Gasteiger partial charge in [-0.15, -0.1) is 0 Å². The molecule has 162 valence electrons. The van der Waals surface area contributed by atoms with E-state index >= 15 is 0 Å². The van der Waals surface area contributed by atoms with Crippen LogP contribution in [0.3, 0.4) is 0 Å². The van der Waals surface area contributed by atoms with Crippen molar-refractivity contribution in [2.24, 2.45) is 0 Å². The summed E-state index contributed by atoms with van der Waals surface area (Å²) in [4.78, 5) is 4.50. The minimum atomic E-state index is -0.0272. The van der Waals surface area contributed by atoms with Gasteiger partial charge in [0.15, 0.2) is 0 Å². The summed E-state index contributed by atoms with van der Waals surface area (Å²) >= 11 is 0. The standard InChI is InChI=1S/C28H24N4O/c1-33-23-14-12-20(13-15-23)24-16-22(19-8-4-2-5-9-19)17-25-26(24)27(21-10-6-3-7-11-21)32-28(31-25)29-18-30-32/h2-15,17-18,24,27H,16H2,1H3,(H,29,30,31)/t24-,27-/m0/s1. The Labute approximate surface area is 193 Å². The van der Waals surface area contributed by atoms with Crippen molar-refractivity contribution in [3.05, 3.63) is 125 Å². The molecule has 0 bridgehead atoms.